The van der Waals surface area contributed by atoms with Gasteiger partial charge < -0.3 is 5.32 Å². The fourth-order valence-electron chi connectivity index (χ4n) is 0.360. The van der Waals surface area contributed by atoms with Crippen LogP contribution >= 0.6 is 15.9 Å². The standard InChI is InChI=1S/C6H9BrN2O/c1-5(3-8)4-9-6(10)2-7/h5H,2,4H2,1H3,(H,9,10). The number of carbonyl (C=O) groups is 1. The van der Waals surface area contributed by atoms with Crippen molar-refractivity contribution in [2.45, 2.75) is 6.92 Å². The van der Waals surface area contributed by atoms with Gasteiger partial charge in [0.05, 0.1) is 17.3 Å². The molecule has 1 amide bonds. The molecular formula is C6H9BrN2O. The molecule has 0 bridgehead atoms. The molecule has 0 spiro atoms. The van der Waals surface area contributed by atoms with Crippen LogP contribution in [0.5, 0.6) is 0 Å². The highest BCUT2D eigenvalue weighted by molar-refractivity contribution is 9.09. The maximum Gasteiger partial charge on any atom is 0.230 e. The van der Waals surface area contributed by atoms with E-state index in [9.17, 15) is 4.79 Å². The molecule has 10 heavy (non-hydrogen) atoms. The van der Waals surface area contributed by atoms with E-state index in [1.54, 1.807) is 6.92 Å². The lowest BCUT2D eigenvalue weighted by atomic mass is 10.2. The van der Waals surface area contributed by atoms with Crippen molar-refractivity contribution in [1.82, 2.24) is 5.32 Å². The number of halogens is 1. The van der Waals surface area contributed by atoms with Crippen LogP contribution in [0.4, 0.5) is 0 Å². The molecule has 0 saturated carbocycles. The Hall–Kier alpha value is -0.560. The molecule has 0 aromatic rings. The van der Waals surface area contributed by atoms with Gasteiger partial charge in [0.2, 0.25) is 5.91 Å². The van der Waals surface area contributed by atoms with Gasteiger partial charge >= 0.3 is 0 Å². The van der Waals surface area contributed by atoms with Gasteiger partial charge in [-0.15, -0.1) is 0 Å². The van der Waals surface area contributed by atoms with Gasteiger partial charge in [0.25, 0.3) is 0 Å². The second-order valence-corrected chi connectivity index (χ2v) is 2.53. The molecule has 0 aromatic heterocycles. The number of nitriles is 1. The monoisotopic (exact) mass is 204 g/mol. The van der Waals surface area contributed by atoms with E-state index < -0.39 is 0 Å². The van der Waals surface area contributed by atoms with E-state index in [2.05, 4.69) is 21.2 Å². The second-order valence-electron chi connectivity index (χ2n) is 1.97. The van der Waals surface area contributed by atoms with Crippen molar-refractivity contribution in [2.75, 3.05) is 11.9 Å². The van der Waals surface area contributed by atoms with E-state index in [4.69, 9.17) is 5.26 Å². The largest absolute Gasteiger partial charge is 0.354 e. The number of alkyl halides is 1. The van der Waals surface area contributed by atoms with Crippen LogP contribution in [-0.4, -0.2) is 17.8 Å². The molecule has 0 aliphatic heterocycles. The van der Waals surface area contributed by atoms with Crippen molar-refractivity contribution in [3.05, 3.63) is 0 Å². The summed E-state index contributed by atoms with van der Waals surface area (Å²) in [6, 6.07) is 2.01. The third-order valence-corrected chi connectivity index (χ3v) is 1.46. The SMILES string of the molecule is CC(C#N)CNC(=O)CBr. The third kappa shape index (κ3) is 4.33. The van der Waals surface area contributed by atoms with Gasteiger partial charge in [0.15, 0.2) is 0 Å². The summed E-state index contributed by atoms with van der Waals surface area (Å²) in [6.07, 6.45) is 0. The van der Waals surface area contributed by atoms with Crippen molar-refractivity contribution >= 4 is 21.8 Å². The van der Waals surface area contributed by atoms with E-state index in [-0.39, 0.29) is 11.8 Å². The molecule has 0 radical (unpaired) electrons. The maximum absolute atomic E-state index is 10.6. The van der Waals surface area contributed by atoms with Crippen LogP contribution in [0, 0.1) is 17.2 Å². The smallest absolute Gasteiger partial charge is 0.230 e. The molecule has 0 aromatic carbocycles. The van der Waals surface area contributed by atoms with E-state index in [0.29, 0.717) is 11.9 Å². The second kappa shape index (κ2) is 5.24. The Kier molecular flexibility index (Phi) is 4.95. The predicted octanol–water partition coefficient (Wildman–Crippen LogP) is 0.657. The van der Waals surface area contributed by atoms with Crippen LogP contribution < -0.4 is 5.32 Å². The summed E-state index contributed by atoms with van der Waals surface area (Å²) in [5, 5.41) is 11.2. The van der Waals surface area contributed by atoms with Crippen LogP contribution in [-0.2, 0) is 4.79 Å². The number of nitrogens with zero attached hydrogens (tertiary/aromatic N) is 1. The molecule has 1 N–H and O–H groups in total. The Morgan fingerprint density at radius 1 is 1.90 bits per heavy atom. The Bertz CT molecular complexity index is 152. The van der Waals surface area contributed by atoms with Crippen molar-refractivity contribution < 1.29 is 4.79 Å². The van der Waals surface area contributed by atoms with Crippen molar-refractivity contribution in [2.24, 2.45) is 5.92 Å². The van der Waals surface area contributed by atoms with Crippen molar-refractivity contribution in [3.63, 3.8) is 0 Å². The van der Waals surface area contributed by atoms with Crippen LogP contribution in [0.3, 0.4) is 0 Å². The van der Waals surface area contributed by atoms with Gasteiger partial charge in [0, 0.05) is 6.54 Å². The molecule has 4 heteroatoms. The van der Waals surface area contributed by atoms with Crippen LogP contribution in [0.25, 0.3) is 0 Å². The summed E-state index contributed by atoms with van der Waals surface area (Å²) in [5.74, 6) is -0.190. The number of nitrogens with one attached hydrogen (secondary N) is 1. The van der Waals surface area contributed by atoms with Gasteiger partial charge in [-0.2, -0.15) is 5.26 Å². The topological polar surface area (TPSA) is 52.9 Å². The van der Waals surface area contributed by atoms with Crippen molar-refractivity contribution in [1.29, 1.82) is 5.26 Å². The fourth-order valence-corrected chi connectivity index (χ4v) is 0.558. The van der Waals surface area contributed by atoms with Gasteiger partial charge in [-0.1, -0.05) is 15.9 Å². The Labute approximate surface area is 68.5 Å². The molecule has 3 nitrogen and oxygen atoms in total. The highest BCUT2D eigenvalue weighted by atomic mass is 79.9. The highest BCUT2D eigenvalue weighted by Crippen LogP contribution is 1.87. The van der Waals surface area contributed by atoms with Crippen LogP contribution in [0.1, 0.15) is 6.92 Å². The summed E-state index contributed by atoms with van der Waals surface area (Å²) < 4.78 is 0. The molecule has 0 heterocycles. The first-order valence-corrected chi connectivity index (χ1v) is 4.05. The highest BCUT2D eigenvalue weighted by Gasteiger charge is 2.01. The van der Waals surface area contributed by atoms with Gasteiger partial charge in [0.1, 0.15) is 0 Å². The summed E-state index contributed by atoms with van der Waals surface area (Å²) in [4.78, 5) is 10.6. The van der Waals surface area contributed by atoms with E-state index in [0.717, 1.165) is 0 Å². The lowest BCUT2D eigenvalue weighted by Crippen LogP contribution is -2.28. The minimum atomic E-state index is -0.108. The van der Waals surface area contributed by atoms with Crippen molar-refractivity contribution in [3.8, 4) is 6.07 Å². The van der Waals surface area contributed by atoms with Crippen LogP contribution in [0.2, 0.25) is 0 Å². The molecule has 0 aliphatic carbocycles. The number of carbonyl (C=O) groups excluding carboxylic acids is 1. The first-order chi connectivity index (χ1) is 4.70. The van der Waals surface area contributed by atoms with Gasteiger partial charge in [-0.3, -0.25) is 4.79 Å². The molecular weight excluding hydrogens is 196 g/mol. The fraction of sp³-hybridized carbons (Fsp3) is 0.667. The zero-order chi connectivity index (χ0) is 7.98. The molecule has 0 aliphatic rings. The maximum atomic E-state index is 10.6. The molecule has 0 rings (SSSR count). The average Bonchev–Trinajstić information content (AvgIpc) is 1.99. The summed E-state index contributed by atoms with van der Waals surface area (Å²) in [5.41, 5.74) is 0. The van der Waals surface area contributed by atoms with E-state index in [1.165, 1.54) is 0 Å². The van der Waals surface area contributed by atoms with E-state index >= 15 is 0 Å². The normalized spacial score (nSPS) is 11.7. The lowest BCUT2D eigenvalue weighted by Gasteiger charge is -2.02. The first kappa shape index (κ1) is 9.44. The number of rotatable bonds is 3. The number of hydrogen-bond donors (Lipinski definition) is 1. The predicted molar refractivity (Wildman–Crippen MR) is 41.6 cm³/mol. The third-order valence-electron chi connectivity index (χ3n) is 0.947. The Balaban J connectivity index is 3.37. The molecule has 1 atom stereocenters. The molecule has 0 saturated heterocycles. The van der Waals surface area contributed by atoms with Gasteiger partial charge in [-0.25, -0.2) is 0 Å². The molecule has 0 fully saturated rings. The quantitative estimate of drug-likeness (QED) is 0.688. The van der Waals surface area contributed by atoms with E-state index in [1.807, 2.05) is 6.07 Å². The number of amides is 1. The summed E-state index contributed by atoms with van der Waals surface area (Å²) in [6.45, 7) is 2.19. The Morgan fingerprint density at radius 3 is 2.90 bits per heavy atom. The zero-order valence-corrected chi connectivity index (χ0v) is 7.31. The summed E-state index contributed by atoms with van der Waals surface area (Å²) >= 11 is 2.99. The van der Waals surface area contributed by atoms with Crippen LogP contribution in [0.15, 0.2) is 0 Å². The van der Waals surface area contributed by atoms with Gasteiger partial charge in [-0.05, 0) is 6.92 Å². The minimum Gasteiger partial charge on any atom is -0.354 e. The molecule has 56 valence electrons. The lowest BCUT2D eigenvalue weighted by molar-refractivity contribution is -0.118. The first-order valence-electron chi connectivity index (χ1n) is 2.93. The zero-order valence-electron chi connectivity index (χ0n) is 5.72. The number of hydrogen-bond acceptors (Lipinski definition) is 2. The molecule has 1 unspecified atom stereocenters. The summed E-state index contributed by atoms with van der Waals surface area (Å²) in [7, 11) is 0. The Morgan fingerprint density at radius 2 is 2.50 bits per heavy atom. The minimum absolute atomic E-state index is 0.0814. The average molecular weight is 205 g/mol.